The molecule has 0 atom stereocenters. The zero-order valence-electron chi connectivity index (χ0n) is 10.5. The van der Waals surface area contributed by atoms with E-state index in [2.05, 4.69) is 0 Å². The van der Waals surface area contributed by atoms with E-state index < -0.39 is 5.60 Å². The molecule has 1 amide bonds. The predicted molar refractivity (Wildman–Crippen MR) is 60.0 cm³/mol. The minimum Gasteiger partial charge on any atom is -0.444 e. The molecule has 0 rings (SSSR count). The lowest BCUT2D eigenvalue weighted by atomic mass is 10.2. The third-order valence-electron chi connectivity index (χ3n) is 1.74. The summed E-state index contributed by atoms with van der Waals surface area (Å²) in [6, 6.07) is 0. The highest BCUT2D eigenvalue weighted by molar-refractivity contribution is 5.68. The molecule has 4 nitrogen and oxygen atoms in total. The highest BCUT2D eigenvalue weighted by Crippen LogP contribution is 2.09. The van der Waals surface area contributed by atoms with Gasteiger partial charge in [-0.1, -0.05) is 0 Å². The van der Waals surface area contributed by atoms with Crippen molar-refractivity contribution in [2.24, 2.45) is 0 Å². The molecule has 0 aromatic heterocycles. The van der Waals surface area contributed by atoms with Crippen molar-refractivity contribution in [3.05, 3.63) is 0 Å². The van der Waals surface area contributed by atoms with E-state index >= 15 is 0 Å². The van der Waals surface area contributed by atoms with Gasteiger partial charge in [-0.25, -0.2) is 4.79 Å². The second kappa shape index (κ2) is 6.67. The molecular weight excluding hydrogens is 194 g/mol. The first kappa shape index (κ1) is 14.2. The highest BCUT2D eigenvalue weighted by atomic mass is 16.6. The van der Waals surface area contributed by atoms with Crippen LogP contribution in [0, 0.1) is 0 Å². The Balaban J connectivity index is 3.99. The smallest absolute Gasteiger partial charge is 0.410 e. The molecular formula is C11H23NO3. The maximum Gasteiger partial charge on any atom is 0.410 e. The van der Waals surface area contributed by atoms with Crippen molar-refractivity contribution in [1.82, 2.24) is 4.90 Å². The molecule has 0 aromatic carbocycles. The van der Waals surface area contributed by atoms with E-state index in [0.717, 1.165) is 0 Å². The third-order valence-corrected chi connectivity index (χ3v) is 1.74. The fraction of sp³-hybridized carbons (Fsp3) is 0.909. The van der Waals surface area contributed by atoms with E-state index in [9.17, 15) is 4.79 Å². The SMILES string of the molecule is CCOCCN(CC)C(=O)OC(C)(C)C. The Hall–Kier alpha value is -0.770. The molecule has 0 aliphatic rings. The van der Waals surface area contributed by atoms with Gasteiger partial charge in [0, 0.05) is 19.7 Å². The topological polar surface area (TPSA) is 38.8 Å². The number of hydrogen-bond donors (Lipinski definition) is 0. The largest absolute Gasteiger partial charge is 0.444 e. The van der Waals surface area contributed by atoms with Gasteiger partial charge in [-0.2, -0.15) is 0 Å². The van der Waals surface area contributed by atoms with Gasteiger partial charge in [0.15, 0.2) is 0 Å². The molecule has 0 spiro atoms. The zero-order valence-corrected chi connectivity index (χ0v) is 10.5. The average Bonchev–Trinajstić information content (AvgIpc) is 2.09. The van der Waals surface area contributed by atoms with E-state index in [1.165, 1.54) is 0 Å². The molecule has 15 heavy (non-hydrogen) atoms. The van der Waals surface area contributed by atoms with Crippen molar-refractivity contribution in [3.8, 4) is 0 Å². The molecule has 0 unspecified atom stereocenters. The minimum atomic E-state index is -0.434. The summed E-state index contributed by atoms with van der Waals surface area (Å²) in [5, 5.41) is 0. The van der Waals surface area contributed by atoms with Crippen LogP contribution in [0.15, 0.2) is 0 Å². The van der Waals surface area contributed by atoms with Crippen LogP contribution in [0.25, 0.3) is 0 Å². The average molecular weight is 217 g/mol. The Kier molecular flexibility index (Phi) is 6.32. The van der Waals surface area contributed by atoms with Crippen LogP contribution in [0.5, 0.6) is 0 Å². The standard InChI is InChI=1S/C11H23NO3/c1-6-12(8-9-14-7-2)10(13)15-11(3,4)5/h6-9H2,1-5H3. The third kappa shape index (κ3) is 7.19. The summed E-state index contributed by atoms with van der Waals surface area (Å²) in [5.41, 5.74) is -0.434. The molecule has 0 aliphatic carbocycles. The molecule has 4 heteroatoms. The van der Waals surface area contributed by atoms with E-state index in [-0.39, 0.29) is 6.09 Å². The van der Waals surface area contributed by atoms with Crippen LogP contribution in [0.2, 0.25) is 0 Å². The summed E-state index contributed by atoms with van der Waals surface area (Å²) >= 11 is 0. The van der Waals surface area contributed by atoms with Crippen LogP contribution in [0.1, 0.15) is 34.6 Å². The van der Waals surface area contributed by atoms with Gasteiger partial charge in [-0.05, 0) is 34.6 Å². The van der Waals surface area contributed by atoms with Gasteiger partial charge in [0.25, 0.3) is 0 Å². The number of carbonyl (C=O) groups excluding carboxylic acids is 1. The normalized spacial score (nSPS) is 11.3. The number of likely N-dealkylation sites (N-methyl/N-ethyl adjacent to an activating group) is 1. The van der Waals surface area contributed by atoms with Gasteiger partial charge in [-0.15, -0.1) is 0 Å². The summed E-state index contributed by atoms with van der Waals surface area (Å²) in [7, 11) is 0. The minimum absolute atomic E-state index is 0.273. The Morgan fingerprint density at radius 3 is 2.27 bits per heavy atom. The van der Waals surface area contributed by atoms with Crippen molar-refractivity contribution in [2.45, 2.75) is 40.2 Å². The first-order valence-corrected chi connectivity index (χ1v) is 5.46. The molecule has 0 fully saturated rings. The van der Waals surface area contributed by atoms with Gasteiger partial charge in [0.2, 0.25) is 0 Å². The molecule has 0 aliphatic heterocycles. The molecule has 0 bridgehead atoms. The lowest BCUT2D eigenvalue weighted by Crippen LogP contribution is -2.38. The van der Waals surface area contributed by atoms with Crippen molar-refractivity contribution in [1.29, 1.82) is 0 Å². The zero-order chi connectivity index (χ0) is 11.9. The van der Waals surface area contributed by atoms with Crippen molar-refractivity contribution in [2.75, 3.05) is 26.3 Å². The molecule has 0 N–H and O–H groups in total. The Morgan fingerprint density at radius 2 is 1.87 bits per heavy atom. The van der Waals surface area contributed by atoms with E-state index in [1.807, 2.05) is 34.6 Å². The number of nitrogens with zero attached hydrogens (tertiary/aromatic N) is 1. The number of ether oxygens (including phenoxy) is 2. The van der Waals surface area contributed by atoms with Crippen LogP contribution in [-0.4, -0.2) is 42.9 Å². The summed E-state index contributed by atoms with van der Waals surface area (Å²) < 4.78 is 10.4. The maximum atomic E-state index is 11.6. The van der Waals surface area contributed by atoms with Crippen LogP contribution in [0.3, 0.4) is 0 Å². The van der Waals surface area contributed by atoms with Crippen molar-refractivity contribution >= 4 is 6.09 Å². The lowest BCUT2D eigenvalue weighted by Gasteiger charge is -2.26. The fourth-order valence-electron chi connectivity index (χ4n) is 1.02. The van der Waals surface area contributed by atoms with Gasteiger partial charge in [-0.3, -0.25) is 0 Å². The molecule has 90 valence electrons. The van der Waals surface area contributed by atoms with Crippen LogP contribution in [0.4, 0.5) is 4.79 Å². The second-order valence-corrected chi connectivity index (χ2v) is 4.26. The van der Waals surface area contributed by atoms with Crippen LogP contribution < -0.4 is 0 Å². The monoisotopic (exact) mass is 217 g/mol. The molecule has 0 saturated heterocycles. The van der Waals surface area contributed by atoms with Crippen molar-refractivity contribution in [3.63, 3.8) is 0 Å². The molecule has 0 radical (unpaired) electrons. The first-order chi connectivity index (χ1) is 6.90. The molecule has 0 saturated carbocycles. The fourth-order valence-corrected chi connectivity index (χ4v) is 1.02. The van der Waals surface area contributed by atoms with Gasteiger partial charge >= 0.3 is 6.09 Å². The first-order valence-electron chi connectivity index (χ1n) is 5.46. The Bertz CT molecular complexity index is 187. The van der Waals surface area contributed by atoms with Crippen LogP contribution >= 0.6 is 0 Å². The number of hydrogen-bond acceptors (Lipinski definition) is 3. The second-order valence-electron chi connectivity index (χ2n) is 4.26. The summed E-state index contributed by atoms with van der Waals surface area (Å²) in [5.74, 6) is 0. The highest BCUT2D eigenvalue weighted by Gasteiger charge is 2.20. The van der Waals surface area contributed by atoms with Gasteiger partial charge in [0.05, 0.1) is 6.61 Å². The van der Waals surface area contributed by atoms with Crippen LogP contribution in [-0.2, 0) is 9.47 Å². The number of carbonyl (C=O) groups is 1. The van der Waals surface area contributed by atoms with Crippen molar-refractivity contribution < 1.29 is 14.3 Å². The maximum absolute atomic E-state index is 11.6. The number of amides is 1. The Morgan fingerprint density at radius 1 is 1.27 bits per heavy atom. The van der Waals surface area contributed by atoms with E-state index in [4.69, 9.17) is 9.47 Å². The summed E-state index contributed by atoms with van der Waals surface area (Å²) in [6.07, 6.45) is -0.273. The summed E-state index contributed by atoms with van der Waals surface area (Å²) in [6.45, 7) is 11.9. The predicted octanol–water partition coefficient (Wildman–Crippen LogP) is 2.28. The van der Waals surface area contributed by atoms with E-state index in [1.54, 1.807) is 4.90 Å². The van der Waals surface area contributed by atoms with Gasteiger partial charge < -0.3 is 14.4 Å². The van der Waals surface area contributed by atoms with E-state index in [0.29, 0.717) is 26.3 Å². The quantitative estimate of drug-likeness (QED) is 0.663. The molecule has 0 aromatic rings. The summed E-state index contributed by atoms with van der Waals surface area (Å²) in [4.78, 5) is 13.3. The molecule has 0 heterocycles. The Labute approximate surface area is 92.5 Å². The number of rotatable bonds is 5. The lowest BCUT2D eigenvalue weighted by molar-refractivity contribution is 0.0194. The van der Waals surface area contributed by atoms with Gasteiger partial charge in [0.1, 0.15) is 5.60 Å².